The van der Waals surface area contributed by atoms with Crippen molar-refractivity contribution in [3.05, 3.63) is 68.9 Å². The van der Waals surface area contributed by atoms with Gasteiger partial charge in [-0.3, -0.25) is 34.8 Å². The predicted octanol–water partition coefficient (Wildman–Crippen LogP) is -0.765. The molecule has 0 aliphatic rings. The smallest absolute Gasteiger partial charge is 0.329 e. The normalized spacial score (nSPS) is 10.9. The number of H-pyrrole nitrogens is 2. The topological polar surface area (TPSA) is 180 Å². The Hall–Kier alpha value is -4.68. The molecule has 0 atom stereocenters. The first kappa shape index (κ1) is 20.6. The van der Waals surface area contributed by atoms with Crippen LogP contribution in [0, 0.1) is 0 Å². The minimum atomic E-state index is -0.796. The summed E-state index contributed by atoms with van der Waals surface area (Å²) in [6, 6.07) is 8.89. The fourth-order valence-corrected chi connectivity index (χ4v) is 2.99. The van der Waals surface area contributed by atoms with E-state index in [1.165, 1.54) is 22.5 Å². The van der Waals surface area contributed by atoms with Crippen molar-refractivity contribution in [2.45, 2.75) is 12.8 Å². The molecule has 0 fully saturated rings. The number of aromatic nitrogens is 6. The fraction of sp³-hybridized carbons (Fsp3) is 0.158. The SMILES string of the molecule is Cn1c(=O)[nH]c(=O)c2[nH]c(CCC(=O)NNC(=O)c3nn(-c4ccccc4)cc3O)nc21. The number of rotatable bonds is 5. The third-order valence-electron chi connectivity index (χ3n) is 4.64. The van der Waals surface area contributed by atoms with Gasteiger partial charge in [-0.1, -0.05) is 18.2 Å². The molecule has 1 aromatic carbocycles. The molecule has 0 saturated heterocycles. The molecule has 0 radical (unpaired) electrons. The quantitative estimate of drug-likeness (QED) is 0.254. The fourth-order valence-electron chi connectivity index (χ4n) is 2.99. The van der Waals surface area contributed by atoms with Crippen molar-refractivity contribution in [2.24, 2.45) is 7.05 Å². The van der Waals surface area contributed by atoms with Crippen LogP contribution in [0.1, 0.15) is 22.7 Å². The van der Waals surface area contributed by atoms with Gasteiger partial charge in [0.25, 0.3) is 11.5 Å². The van der Waals surface area contributed by atoms with Crippen LogP contribution in [0.5, 0.6) is 5.75 Å². The zero-order valence-corrected chi connectivity index (χ0v) is 16.7. The van der Waals surface area contributed by atoms with E-state index in [-0.39, 0.29) is 35.4 Å². The standard InChI is InChI=1S/C19H18N8O5/c1-26-16-15(17(30)22-19(26)32)20-12(21-16)7-8-13(29)23-24-18(31)14-11(28)9-27(25-14)10-5-3-2-4-6-10/h2-6,9,28H,7-8H2,1H3,(H,20,21)(H,23,29)(H,24,31)(H,22,30,32). The number of nitrogens with one attached hydrogen (secondary N) is 4. The van der Waals surface area contributed by atoms with Crippen LogP contribution in [-0.2, 0) is 18.3 Å². The number of aromatic hydroxyl groups is 1. The van der Waals surface area contributed by atoms with Gasteiger partial charge in [0.1, 0.15) is 11.3 Å². The van der Waals surface area contributed by atoms with Crippen molar-refractivity contribution in [1.29, 1.82) is 0 Å². The van der Waals surface area contributed by atoms with Gasteiger partial charge in [-0.15, -0.1) is 0 Å². The Balaban J connectivity index is 1.36. The first-order valence-electron chi connectivity index (χ1n) is 9.44. The number of benzene rings is 1. The summed E-state index contributed by atoms with van der Waals surface area (Å²) in [6.45, 7) is 0. The number of carbonyl (C=O) groups is 2. The van der Waals surface area contributed by atoms with Gasteiger partial charge in [-0.2, -0.15) is 5.10 Å². The van der Waals surface area contributed by atoms with Crippen LogP contribution in [0.25, 0.3) is 16.9 Å². The lowest BCUT2D eigenvalue weighted by Gasteiger charge is -2.05. The Morgan fingerprint density at radius 1 is 1.12 bits per heavy atom. The summed E-state index contributed by atoms with van der Waals surface area (Å²) in [6.07, 6.45) is 1.33. The monoisotopic (exact) mass is 438 g/mol. The molecule has 2 amide bonds. The zero-order chi connectivity index (χ0) is 22.8. The van der Waals surface area contributed by atoms with E-state index in [1.54, 1.807) is 24.3 Å². The van der Waals surface area contributed by atoms with E-state index in [0.29, 0.717) is 11.5 Å². The van der Waals surface area contributed by atoms with Crippen LogP contribution in [0.4, 0.5) is 0 Å². The second kappa shape index (κ2) is 8.22. The highest BCUT2D eigenvalue weighted by Gasteiger charge is 2.18. The summed E-state index contributed by atoms with van der Waals surface area (Å²) < 4.78 is 2.51. The third kappa shape index (κ3) is 3.98. The van der Waals surface area contributed by atoms with Gasteiger partial charge >= 0.3 is 5.69 Å². The number of hydrazine groups is 1. The summed E-state index contributed by atoms with van der Waals surface area (Å²) in [4.78, 5) is 56.9. The van der Waals surface area contributed by atoms with E-state index in [9.17, 15) is 24.3 Å². The number of amides is 2. The lowest BCUT2D eigenvalue weighted by atomic mass is 10.3. The molecule has 0 spiro atoms. The van der Waals surface area contributed by atoms with E-state index >= 15 is 0 Å². The molecule has 0 bridgehead atoms. The van der Waals surface area contributed by atoms with Gasteiger partial charge in [0, 0.05) is 19.9 Å². The van der Waals surface area contributed by atoms with Crippen molar-refractivity contribution in [1.82, 2.24) is 40.2 Å². The van der Waals surface area contributed by atoms with Crippen LogP contribution in [0.15, 0.2) is 46.1 Å². The number of imidazole rings is 1. The molecule has 0 unspecified atom stereocenters. The average molecular weight is 438 g/mol. The second-order valence-electron chi connectivity index (χ2n) is 6.85. The Labute approximate surface area is 178 Å². The first-order chi connectivity index (χ1) is 15.3. The predicted molar refractivity (Wildman–Crippen MR) is 111 cm³/mol. The Morgan fingerprint density at radius 3 is 2.62 bits per heavy atom. The largest absolute Gasteiger partial charge is 0.504 e. The molecule has 4 aromatic rings. The van der Waals surface area contributed by atoms with Crippen LogP contribution >= 0.6 is 0 Å². The van der Waals surface area contributed by atoms with Gasteiger partial charge in [0.15, 0.2) is 17.1 Å². The number of aromatic amines is 2. The lowest BCUT2D eigenvalue weighted by molar-refractivity contribution is -0.121. The van der Waals surface area contributed by atoms with Gasteiger partial charge in [0.2, 0.25) is 5.91 Å². The van der Waals surface area contributed by atoms with Crippen LogP contribution in [0.2, 0.25) is 0 Å². The molecule has 13 nitrogen and oxygen atoms in total. The summed E-state index contributed by atoms with van der Waals surface area (Å²) in [5, 5.41) is 14.0. The lowest BCUT2D eigenvalue weighted by Crippen LogP contribution is -2.42. The summed E-state index contributed by atoms with van der Waals surface area (Å²) in [5.74, 6) is -1.36. The molecule has 4 rings (SSSR count). The average Bonchev–Trinajstić information content (AvgIpc) is 3.39. The Morgan fingerprint density at radius 2 is 1.88 bits per heavy atom. The van der Waals surface area contributed by atoms with E-state index < -0.39 is 23.1 Å². The third-order valence-corrected chi connectivity index (χ3v) is 4.64. The summed E-state index contributed by atoms with van der Waals surface area (Å²) >= 11 is 0. The van der Waals surface area contributed by atoms with Crippen molar-refractivity contribution in [2.75, 3.05) is 0 Å². The van der Waals surface area contributed by atoms with Crippen LogP contribution in [0.3, 0.4) is 0 Å². The first-order valence-corrected chi connectivity index (χ1v) is 9.44. The number of carbonyl (C=O) groups excluding carboxylic acids is 2. The molecule has 3 heterocycles. The molecule has 13 heteroatoms. The van der Waals surface area contributed by atoms with Crippen LogP contribution < -0.4 is 22.1 Å². The van der Waals surface area contributed by atoms with E-state index in [0.717, 1.165) is 0 Å². The molecule has 0 saturated carbocycles. The molecular weight excluding hydrogens is 420 g/mol. The summed E-state index contributed by atoms with van der Waals surface area (Å²) in [5.41, 5.74) is 3.90. The van der Waals surface area contributed by atoms with Crippen molar-refractivity contribution in [3.63, 3.8) is 0 Å². The number of hydrogen-bond donors (Lipinski definition) is 5. The number of hydrogen-bond acceptors (Lipinski definition) is 7. The maximum absolute atomic E-state index is 12.3. The van der Waals surface area contributed by atoms with E-state index in [2.05, 4.69) is 30.9 Å². The van der Waals surface area contributed by atoms with Gasteiger partial charge in [-0.25, -0.2) is 14.5 Å². The highest BCUT2D eigenvalue weighted by molar-refractivity contribution is 5.95. The molecule has 5 N–H and O–H groups in total. The van der Waals surface area contributed by atoms with Crippen molar-refractivity contribution < 1.29 is 14.7 Å². The highest BCUT2D eigenvalue weighted by Crippen LogP contribution is 2.17. The maximum Gasteiger partial charge on any atom is 0.329 e. The molecule has 32 heavy (non-hydrogen) atoms. The molecule has 0 aliphatic carbocycles. The van der Waals surface area contributed by atoms with Crippen molar-refractivity contribution in [3.8, 4) is 11.4 Å². The molecule has 0 aliphatic heterocycles. The summed E-state index contributed by atoms with van der Waals surface area (Å²) in [7, 11) is 1.46. The molecular formula is C19H18N8O5. The minimum Gasteiger partial charge on any atom is -0.504 e. The van der Waals surface area contributed by atoms with Gasteiger partial charge in [0.05, 0.1) is 11.9 Å². The minimum absolute atomic E-state index is 0.0730. The molecule has 3 aromatic heterocycles. The number of aryl methyl sites for hydroxylation is 2. The highest BCUT2D eigenvalue weighted by atomic mass is 16.3. The van der Waals surface area contributed by atoms with Gasteiger partial charge < -0.3 is 10.1 Å². The van der Waals surface area contributed by atoms with E-state index in [4.69, 9.17) is 0 Å². The van der Waals surface area contributed by atoms with Crippen molar-refractivity contribution >= 4 is 23.0 Å². The number of fused-ring (bicyclic) bond motifs is 1. The number of para-hydroxylation sites is 1. The van der Waals surface area contributed by atoms with Gasteiger partial charge in [-0.05, 0) is 12.1 Å². The maximum atomic E-state index is 12.3. The Bertz CT molecular complexity index is 1430. The van der Waals surface area contributed by atoms with Crippen LogP contribution in [-0.4, -0.2) is 46.2 Å². The second-order valence-corrected chi connectivity index (χ2v) is 6.85. The number of nitrogens with zero attached hydrogens (tertiary/aromatic N) is 4. The molecule has 164 valence electrons. The van der Waals surface area contributed by atoms with E-state index in [1.807, 2.05) is 6.07 Å². The zero-order valence-electron chi connectivity index (χ0n) is 16.7. The Kier molecular flexibility index (Phi) is 5.29.